The molecule has 0 saturated carbocycles. The summed E-state index contributed by atoms with van der Waals surface area (Å²) in [5.74, 6) is -1.31. The van der Waals surface area contributed by atoms with E-state index in [0.29, 0.717) is 11.1 Å². The van der Waals surface area contributed by atoms with Crippen molar-refractivity contribution in [1.29, 1.82) is 0 Å². The molecule has 0 unspecified atom stereocenters. The lowest BCUT2D eigenvalue weighted by Gasteiger charge is -2.04. The number of rotatable bonds is 6. The minimum Gasteiger partial charge on any atom is -0.502 e. The van der Waals surface area contributed by atoms with Gasteiger partial charge in [0, 0.05) is 25.0 Å². The van der Waals surface area contributed by atoms with Crippen molar-refractivity contribution in [3.05, 3.63) is 67.8 Å². The average molecular weight is 332 g/mol. The van der Waals surface area contributed by atoms with E-state index >= 15 is 0 Å². The summed E-state index contributed by atoms with van der Waals surface area (Å²) in [6.45, 7) is 0. The van der Waals surface area contributed by atoms with E-state index in [9.17, 15) is 35.2 Å². The van der Waals surface area contributed by atoms with Crippen LogP contribution < -0.4 is 0 Å². The Balaban J connectivity index is 2.14. The van der Waals surface area contributed by atoms with E-state index in [2.05, 4.69) is 0 Å². The number of nitro benzene ring substituents is 2. The van der Waals surface area contributed by atoms with Crippen LogP contribution in [0.25, 0.3) is 0 Å². The van der Waals surface area contributed by atoms with E-state index in [0.717, 1.165) is 24.3 Å². The third kappa shape index (κ3) is 3.83. The third-order valence-electron chi connectivity index (χ3n) is 3.28. The van der Waals surface area contributed by atoms with Crippen molar-refractivity contribution in [3.63, 3.8) is 0 Å². The molecule has 9 nitrogen and oxygen atoms in total. The molecule has 0 fully saturated rings. The number of phenols is 2. The Morgan fingerprint density at radius 1 is 0.833 bits per heavy atom. The van der Waals surface area contributed by atoms with E-state index in [4.69, 9.17) is 0 Å². The number of Topliss-reactive ketones (excluding diaryl/α,β-unsaturated/α-hetero) is 1. The van der Waals surface area contributed by atoms with Crippen LogP contribution in [-0.2, 0) is 17.6 Å². The van der Waals surface area contributed by atoms with Gasteiger partial charge in [-0.1, -0.05) is 12.1 Å². The summed E-state index contributed by atoms with van der Waals surface area (Å²) in [6.07, 6.45) is -0.258. The van der Waals surface area contributed by atoms with Gasteiger partial charge >= 0.3 is 11.4 Å². The van der Waals surface area contributed by atoms with Crippen LogP contribution >= 0.6 is 0 Å². The van der Waals surface area contributed by atoms with Crippen LogP contribution in [0.4, 0.5) is 11.4 Å². The fraction of sp³-hybridized carbons (Fsp3) is 0.133. The number of phenolic OH excluding ortho intramolecular Hbond substituents is 2. The maximum absolute atomic E-state index is 12.0. The molecule has 0 amide bonds. The average Bonchev–Trinajstić information content (AvgIpc) is 2.50. The minimum atomic E-state index is -0.757. The predicted molar refractivity (Wildman–Crippen MR) is 81.9 cm³/mol. The normalized spacial score (nSPS) is 10.3. The second-order valence-electron chi connectivity index (χ2n) is 5.05. The molecule has 0 saturated heterocycles. The van der Waals surface area contributed by atoms with Crippen molar-refractivity contribution in [2.24, 2.45) is 0 Å². The summed E-state index contributed by atoms with van der Waals surface area (Å²) >= 11 is 0. The molecule has 2 aromatic rings. The van der Waals surface area contributed by atoms with Crippen molar-refractivity contribution in [3.8, 4) is 11.5 Å². The summed E-state index contributed by atoms with van der Waals surface area (Å²) < 4.78 is 0. The lowest BCUT2D eigenvalue weighted by molar-refractivity contribution is -0.386. The summed E-state index contributed by atoms with van der Waals surface area (Å²) in [6, 6.07) is 7.25. The molecule has 0 radical (unpaired) electrons. The first kappa shape index (κ1) is 16.9. The van der Waals surface area contributed by atoms with Gasteiger partial charge < -0.3 is 10.2 Å². The molecular weight excluding hydrogens is 320 g/mol. The fourth-order valence-corrected chi connectivity index (χ4v) is 2.17. The first-order valence-electron chi connectivity index (χ1n) is 6.72. The highest BCUT2D eigenvalue weighted by Crippen LogP contribution is 2.28. The molecule has 2 rings (SSSR count). The highest BCUT2D eigenvalue weighted by Gasteiger charge is 2.17. The Hall–Kier alpha value is -3.49. The molecule has 0 atom stereocenters. The van der Waals surface area contributed by atoms with Crippen LogP contribution in [0.2, 0.25) is 0 Å². The van der Waals surface area contributed by atoms with Crippen molar-refractivity contribution >= 4 is 17.2 Å². The van der Waals surface area contributed by atoms with Crippen LogP contribution in [-0.4, -0.2) is 25.8 Å². The van der Waals surface area contributed by atoms with Crippen molar-refractivity contribution in [2.45, 2.75) is 12.8 Å². The molecule has 0 aliphatic heterocycles. The van der Waals surface area contributed by atoms with Gasteiger partial charge in [-0.25, -0.2) is 0 Å². The largest absolute Gasteiger partial charge is 0.502 e. The number of ketones is 1. The highest BCUT2D eigenvalue weighted by atomic mass is 16.6. The van der Waals surface area contributed by atoms with Gasteiger partial charge in [-0.05, 0) is 23.3 Å². The number of benzene rings is 2. The number of hydrogen-bond donors (Lipinski definition) is 2. The first-order chi connectivity index (χ1) is 11.3. The number of carbonyl (C=O) groups excluding carboxylic acids is 1. The Labute approximate surface area is 135 Å². The van der Waals surface area contributed by atoms with Crippen LogP contribution in [0.1, 0.15) is 11.1 Å². The van der Waals surface area contributed by atoms with Gasteiger partial charge in [0.15, 0.2) is 11.5 Å². The number of nitrogens with zero attached hydrogens (tertiary/aromatic N) is 2. The zero-order valence-electron chi connectivity index (χ0n) is 12.2. The molecule has 0 heterocycles. The fourth-order valence-electron chi connectivity index (χ4n) is 2.17. The molecule has 24 heavy (non-hydrogen) atoms. The second-order valence-corrected chi connectivity index (χ2v) is 5.05. The van der Waals surface area contributed by atoms with E-state index in [1.54, 1.807) is 0 Å². The summed E-state index contributed by atoms with van der Waals surface area (Å²) in [5, 5.41) is 40.3. The third-order valence-corrected chi connectivity index (χ3v) is 3.28. The summed E-state index contributed by atoms with van der Waals surface area (Å²) in [4.78, 5) is 32.0. The summed E-state index contributed by atoms with van der Waals surface area (Å²) in [7, 11) is 0. The van der Waals surface area contributed by atoms with Gasteiger partial charge in [0.25, 0.3) is 0 Å². The highest BCUT2D eigenvalue weighted by molar-refractivity contribution is 5.83. The molecule has 0 bridgehead atoms. The molecule has 0 spiro atoms. The zero-order valence-corrected chi connectivity index (χ0v) is 12.2. The standard InChI is InChI=1S/C15H12N2O7/c18-11(5-9-1-3-14(19)12(7-9)16(21)22)6-10-2-4-15(20)13(8-10)17(23)24/h1-4,7-8,19-20H,5-6H2. The number of nitro groups is 2. The van der Waals surface area contributed by atoms with Crippen LogP contribution in [0.5, 0.6) is 11.5 Å². The molecular formula is C15H12N2O7. The Kier molecular flexibility index (Phi) is 4.73. The van der Waals surface area contributed by atoms with Crippen molar-refractivity contribution < 1.29 is 24.9 Å². The van der Waals surface area contributed by atoms with Gasteiger partial charge in [0.2, 0.25) is 0 Å². The molecule has 0 aromatic heterocycles. The van der Waals surface area contributed by atoms with Crippen LogP contribution in [0.15, 0.2) is 36.4 Å². The molecule has 0 aliphatic carbocycles. The monoisotopic (exact) mass is 332 g/mol. The van der Waals surface area contributed by atoms with E-state index in [1.165, 1.54) is 12.1 Å². The molecule has 2 aromatic carbocycles. The van der Waals surface area contributed by atoms with Crippen molar-refractivity contribution in [2.75, 3.05) is 0 Å². The smallest absolute Gasteiger partial charge is 0.310 e. The quantitative estimate of drug-likeness (QED) is 0.609. The van der Waals surface area contributed by atoms with Crippen LogP contribution in [0, 0.1) is 20.2 Å². The Morgan fingerprint density at radius 2 is 1.21 bits per heavy atom. The van der Waals surface area contributed by atoms with Gasteiger partial charge in [-0.15, -0.1) is 0 Å². The maximum Gasteiger partial charge on any atom is 0.310 e. The lowest BCUT2D eigenvalue weighted by Crippen LogP contribution is -2.07. The lowest BCUT2D eigenvalue weighted by atomic mass is 10.0. The van der Waals surface area contributed by atoms with E-state index < -0.39 is 32.7 Å². The first-order valence-corrected chi connectivity index (χ1v) is 6.72. The number of aromatic hydroxyl groups is 2. The van der Waals surface area contributed by atoms with Gasteiger partial charge in [0.1, 0.15) is 5.78 Å². The van der Waals surface area contributed by atoms with Gasteiger partial charge in [-0.2, -0.15) is 0 Å². The number of hydrogen-bond acceptors (Lipinski definition) is 7. The number of carbonyl (C=O) groups is 1. The molecule has 9 heteroatoms. The van der Waals surface area contributed by atoms with Crippen molar-refractivity contribution in [1.82, 2.24) is 0 Å². The second kappa shape index (κ2) is 6.73. The van der Waals surface area contributed by atoms with E-state index in [1.807, 2.05) is 0 Å². The Bertz CT molecular complexity index is 765. The Morgan fingerprint density at radius 3 is 1.54 bits per heavy atom. The molecule has 124 valence electrons. The SMILES string of the molecule is O=C(Cc1ccc(O)c([N+](=O)[O-])c1)Cc1ccc(O)c([N+](=O)[O-])c1. The molecule has 0 aliphatic rings. The topological polar surface area (TPSA) is 144 Å². The van der Waals surface area contributed by atoms with E-state index in [-0.39, 0.29) is 18.6 Å². The maximum atomic E-state index is 12.0. The molecule has 2 N–H and O–H groups in total. The van der Waals surface area contributed by atoms with Gasteiger partial charge in [0.05, 0.1) is 9.85 Å². The predicted octanol–water partition coefficient (Wildman–Crippen LogP) is 2.27. The summed E-state index contributed by atoms with van der Waals surface area (Å²) in [5.41, 5.74) is -0.309. The van der Waals surface area contributed by atoms with Gasteiger partial charge in [-0.3, -0.25) is 25.0 Å². The zero-order chi connectivity index (χ0) is 17.9. The minimum absolute atomic E-state index is 0.129. The van der Waals surface area contributed by atoms with Crippen LogP contribution in [0.3, 0.4) is 0 Å².